The summed E-state index contributed by atoms with van der Waals surface area (Å²) >= 11 is 0. The molecule has 3 nitrogen and oxygen atoms in total. The van der Waals surface area contributed by atoms with Crippen LogP contribution in [0.1, 0.15) is 51.1 Å². The number of ether oxygens (including phenoxy) is 1. The van der Waals surface area contributed by atoms with Crippen LogP contribution in [0.15, 0.2) is 24.3 Å². The molecule has 1 aromatic carbocycles. The molecule has 3 heteroatoms. The van der Waals surface area contributed by atoms with E-state index in [9.17, 15) is 0 Å². The van der Waals surface area contributed by atoms with Gasteiger partial charge in [0.2, 0.25) is 0 Å². The van der Waals surface area contributed by atoms with Crippen molar-refractivity contribution in [2.75, 3.05) is 6.61 Å². The van der Waals surface area contributed by atoms with Crippen LogP contribution in [0.3, 0.4) is 0 Å². The van der Waals surface area contributed by atoms with Gasteiger partial charge in [0.1, 0.15) is 5.75 Å². The Morgan fingerprint density at radius 2 is 2.26 bits per heavy atom. The van der Waals surface area contributed by atoms with Crippen LogP contribution in [0, 0.1) is 11.8 Å². The molecule has 2 rings (SSSR count). The third-order valence-electron chi connectivity index (χ3n) is 4.16. The standard InChI is InChI=1S/C16H26N2O/c1-3-19-15-9-5-8-14(11-15)16(18-17)13-7-4-6-12(2)10-13/h5,8-9,11-13,16,18H,3-4,6-7,10,17H2,1-2H3. The highest BCUT2D eigenvalue weighted by molar-refractivity contribution is 5.31. The lowest BCUT2D eigenvalue weighted by molar-refractivity contribution is 0.224. The molecule has 1 aromatic rings. The molecule has 0 heterocycles. The normalized spacial score (nSPS) is 25.0. The molecule has 0 spiro atoms. The molecule has 19 heavy (non-hydrogen) atoms. The van der Waals surface area contributed by atoms with Gasteiger partial charge in [0.05, 0.1) is 6.61 Å². The molecule has 106 valence electrons. The van der Waals surface area contributed by atoms with Gasteiger partial charge in [-0.3, -0.25) is 11.3 Å². The van der Waals surface area contributed by atoms with Crippen LogP contribution in [-0.2, 0) is 0 Å². The highest BCUT2D eigenvalue weighted by atomic mass is 16.5. The summed E-state index contributed by atoms with van der Waals surface area (Å²) in [5, 5.41) is 0. The summed E-state index contributed by atoms with van der Waals surface area (Å²) in [7, 11) is 0. The van der Waals surface area contributed by atoms with Crippen molar-refractivity contribution in [1.82, 2.24) is 5.43 Å². The maximum atomic E-state index is 5.81. The van der Waals surface area contributed by atoms with E-state index in [0.29, 0.717) is 12.5 Å². The minimum absolute atomic E-state index is 0.239. The minimum Gasteiger partial charge on any atom is -0.494 e. The molecule has 1 aliphatic rings. The summed E-state index contributed by atoms with van der Waals surface area (Å²) < 4.78 is 5.58. The number of hydrogen-bond acceptors (Lipinski definition) is 3. The van der Waals surface area contributed by atoms with Crippen LogP contribution in [0.25, 0.3) is 0 Å². The van der Waals surface area contributed by atoms with Gasteiger partial charge >= 0.3 is 0 Å². The molecule has 0 aromatic heterocycles. The summed E-state index contributed by atoms with van der Waals surface area (Å²) in [5.74, 6) is 8.19. The molecule has 0 saturated heterocycles. The van der Waals surface area contributed by atoms with Crippen molar-refractivity contribution in [2.24, 2.45) is 17.7 Å². The summed E-state index contributed by atoms with van der Waals surface area (Å²) in [6.07, 6.45) is 5.19. The molecule has 1 saturated carbocycles. The van der Waals surface area contributed by atoms with E-state index in [0.717, 1.165) is 11.7 Å². The summed E-state index contributed by atoms with van der Waals surface area (Å²) in [6.45, 7) is 5.05. The summed E-state index contributed by atoms with van der Waals surface area (Å²) in [4.78, 5) is 0. The molecular formula is C16H26N2O. The van der Waals surface area contributed by atoms with Gasteiger partial charge in [-0.15, -0.1) is 0 Å². The molecule has 0 radical (unpaired) electrons. The van der Waals surface area contributed by atoms with Gasteiger partial charge in [-0.2, -0.15) is 0 Å². The lowest BCUT2D eigenvalue weighted by atomic mass is 9.77. The second-order valence-corrected chi connectivity index (χ2v) is 5.68. The van der Waals surface area contributed by atoms with Gasteiger partial charge in [0.15, 0.2) is 0 Å². The predicted molar refractivity (Wildman–Crippen MR) is 78.8 cm³/mol. The first-order valence-electron chi connectivity index (χ1n) is 7.43. The maximum Gasteiger partial charge on any atom is 0.119 e. The zero-order valence-corrected chi connectivity index (χ0v) is 12.1. The van der Waals surface area contributed by atoms with Crippen molar-refractivity contribution in [2.45, 2.75) is 45.6 Å². The number of benzene rings is 1. The quantitative estimate of drug-likeness (QED) is 0.631. The lowest BCUT2D eigenvalue weighted by Crippen LogP contribution is -2.35. The Morgan fingerprint density at radius 1 is 1.42 bits per heavy atom. The Balaban J connectivity index is 2.13. The fraction of sp³-hybridized carbons (Fsp3) is 0.625. The van der Waals surface area contributed by atoms with Gasteiger partial charge in [-0.25, -0.2) is 0 Å². The Bertz CT molecular complexity index is 394. The zero-order chi connectivity index (χ0) is 13.7. The lowest BCUT2D eigenvalue weighted by Gasteiger charge is -2.33. The molecule has 1 aliphatic carbocycles. The first-order chi connectivity index (χ1) is 9.24. The Kier molecular flexibility index (Phi) is 5.23. The van der Waals surface area contributed by atoms with Crippen LogP contribution >= 0.6 is 0 Å². The van der Waals surface area contributed by atoms with Crippen LogP contribution in [-0.4, -0.2) is 6.61 Å². The number of hydrogen-bond donors (Lipinski definition) is 2. The van der Waals surface area contributed by atoms with E-state index in [1.807, 2.05) is 13.0 Å². The topological polar surface area (TPSA) is 47.3 Å². The fourth-order valence-corrected chi connectivity index (χ4v) is 3.25. The average Bonchev–Trinajstić information content (AvgIpc) is 2.41. The van der Waals surface area contributed by atoms with Crippen LogP contribution in [0.2, 0.25) is 0 Å². The predicted octanol–water partition coefficient (Wildman–Crippen LogP) is 3.42. The number of hydrazine groups is 1. The van der Waals surface area contributed by atoms with E-state index in [4.69, 9.17) is 10.6 Å². The van der Waals surface area contributed by atoms with Crippen molar-refractivity contribution in [3.8, 4) is 5.75 Å². The monoisotopic (exact) mass is 262 g/mol. The van der Waals surface area contributed by atoms with Gasteiger partial charge in [0.25, 0.3) is 0 Å². The smallest absolute Gasteiger partial charge is 0.119 e. The van der Waals surface area contributed by atoms with Crippen molar-refractivity contribution in [1.29, 1.82) is 0 Å². The first-order valence-corrected chi connectivity index (χ1v) is 7.43. The number of nitrogens with one attached hydrogen (secondary N) is 1. The SMILES string of the molecule is CCOc1cccc(C(NN)C2CCCC(C)C2)c1. The van der Waals surface area contributed by atoms with E-state index in [1.54, 1.807) is 0 Å². The zero-order valence-electron chi connectivity index (χ0n) is 12.1. The summed E-state index contributed by atoms with van der Waals surface area (Å²) in [6, 6.07) is 8.56. The highest BCUT2D eigenvalue weighted by Gasteiger charge is 2.27. The van der Waals surface area contributed by atoms with E-state index in [2.05, 4.69) is 30.5 Å². The van der Waals surface area contributed by atoms with Crippen LogP contribution in [0.5, 0.6) is 5.75 Å². The second kappa shape index (κ2) is 6.92. The van der Waals surface area contributed by atoms with E-state index >= 15 is 0 Å². The Labute approximate surface area is 116 Å². The van der Waals surface area contributed by atoms with E-state index in [1.165, 1.54) is 31.2 Å². The molecular weight excluding hydrogens is 236 g/mol. The number of nitrogens with two attached hydrogens (primary N) is 1. The van der Waals surface area contributed by atoms with E-state index < -0.39 is 0 Å². The molecule has 3 N–H and O–H groups in total. The molecule has 0 aliphatic heterocycles. The largest absolute Gasteiger partial charge is 0.494 e. The fourth-order valence-electron chi connectivity index (χ4n) is 3.25. The molecule has 1 fully saturated rings. The molecule has 0 amide bonds. The number of rotatable bonds is 5. The highest BCUT2D eigenvalue weighted by Crippen LogP contribution is 2.37. The van der Waals surface area contributed by atoms with Crippen molar-refractivity contribution < 1.29 is 4.74 Å². The first kappa shape index (κ1) is 14.4. The van der Waals surface area contributed by atoms with Crippen molar-refractivity contribution in [3.05, 3.63) is 29.8 Å². The molecule has 3 unspecified atom stereocenters. The average molecular weight is 262 g/mol. The van der Waals surface area contributed by atoms with Gasteiger partial charge in [0, 0.05) is 6.04 Å². The van der Waals surface area contributed by atoms with Crippen LogP contribution in [0.4, 0.5) is 0 Å². The van der Waals surface area contributed by atoms with E-state index in [-0.39, 0.29) is 6.04 Å². The third-order valence-corrected chi connectivity index (χ3v) is 4.16. The van der Waals surface area contributed by atoms with Crippen LogP contribution < -0.4 is 16.0 Å². The maximum absolute atomic E-state index is 5.81. The molecule has 0 bridgehead atoms. The van der Waals surface area contributed by atoms with Crippen molar-refractivity contribution >= 4 is 0 Å². The van der Waals surface area contributed by atoms with Gasteiger partial charge in [-0.1, -0.05) is 31.9 Å². The minimum atomic E-state index is 0.239. The van der Waals surface area contributed by atoms with Crippen molar-refractivity contribution in [3.63, 3.8) is 0 Å². The van der Waals surface area contributed by atoms with Gasteiger partial charge in [-0.05, 0) is 49.3 Å². The second-order valence-electron chi connectivity index (χ2n) is 5.68. The Morgan fingerprint density at radius 3 is 2.95 bits per heavy atom. The molecule has 3 atom stereocenters. The summed E-state index contributed by atoms with van der Waals surface area (Å²) in [5.41, 5.74) is 4.27. The van der Waals surface area contributed by atoms with Gasteiger partial charge < -0.3 is 4.74 Å². The Hall–Kier alpha value is -1.06. The third kappa shape index (κ3) is 3.71.